The van der Waals surface area contributed by atoms with E-state index < -0.39 is 0 Å². The summed E-state index contributed by atoms with van der Waals surface area (Å²) >= 11 is 1.69. The van der Waals surface area contributed by atoms with Crippen LogP contribution in [0.4, 0.5) is 0 Å². The molecule has 0 aliphatic carbocycles. The Labute approximate surface area is 119 Å². The molecular weight excluding hydrogens is 256 g/mol. The molecule has 2 fully saturated rings. The molecule has 2 unspecified atom stereocenters. The van der Waals surface area contributed by atoms with Crippen LogP contribution in [0.1, 0.15) is 37.7 Å². The van der Waals surface area contributed by atoms with E-state index >= 15 is 0 Å². The molecule has 0 radical (unpaired) electrons. The van der Waals surface area contributed by atoms with E-state index in [1.165, 1.54) is 31.2 Å². The second-order valence-corrected chi connectivity index (χ2v) is 6.84. The molecule has 1 aromatic heterocycles. The maximum absolute atomic E-state index is 12.3. The normalized spacial score (nSPS) is 29.4. The van der Waals surface area contributed by atoms with Crippen LogP contribution >= 0.6 is 11.3 Å². The Hall–Kier alpha value is -0.870. The highest BCUT2D eigenvalue weighted by Crippen LogP contribution is 2.32. The molecule has 104 valence electrons. The van der Waals surface area contributed by atoms with Crippen molar-refractivity contribution in [3.8, 4) is 0 Å². The number of amides is 1. The Morgan fingerprint density at radius 3 is 2.79 bits per heavy atom. The summed E-state index contributed by atoms with van der Waals surface area (Å²) < 4.78 is 0. The van der Waals surface area contributed by atoms with E-state index in [2.05, 4.69) is 22.1 Å². The third-order valence-electron chi connectivity index (χ3n) is 4.46. The van der Waals surface area contributed by atoms with Gasteiger partial charge in [0.05, 0.1) is 0 Å². The number of thiophene rings is 1. The summed E-state index contributed by atoms with van der Waals surface area (Å²) in [6.45, 7) is 0.750. The van der Waals surface area contributed by atoms with Crippen LogP contribution in [0.3, 0.4) is 0 Å². The highest BCUT2D eigenvalue weighted by atomic mass is 32.1. The van der Waals surface area contributed by atoms with Gasteiger partial charge in [-0.25, -0.2) is 0 Å². The smallest absolute Gasteiger partial charge is 0.222 e. The van der Waals surface area contributed by atoms with Crippen LogP contribution in [-0.2, 0) is 11.3 Å². The van der Waals surface area contributed by atoms with Crippen molar-refractivity contribution in [2.24, 2.45) is 5.92 Å². The molecule has 1 N–H and O–H groups in total. The Morgan fingerprint density at radius 2 is 2.16 bits per heavy atom. The zero-order valence-corrected chi connectivity index (χ0v) is 12.3. The lowest BCUT2D eigenvalue weighted by molar-refractivity contribution is -0.131. The summed E-state index contributed by atoms with van der Waals surface area (Å²) in [4.78, 5) is 14.2. The van der Waals surface area contributed by atoms with E-state index in [0.717, 1.165) is 13.0 Å². The van der Waals surface area contributed by atoms with Crippen LogP contribution < -0.4 is 5.32 Å². The summed E-state index contributed by atoms with van der Waals surface area (Å²) in [5, 5.41) is 7.82. The van der Waals surface area contributed by atoms with Crippen molar-refractivity contribution in [3.63, 3.8) is 0 Å². The molecule has 0 aromatic carbocycles. The Bertz CT molecular complexity index is 419. The zero-order valence-electron chi connectivity index (χ0n) is 11.5. The van der Waals surface area contributed by atoms with Crippen molar-refractivity contribution in [1.29, 1.82) is 0 Å². The fraction of sp³-hybridized carbons (Fsp3) is 0.667. The van der Waals surface area contributed by atoms with Crippen molar-refractivity contribution in [3.05, 3.63) is 22.4 Å². The molecule has 0 saturated carbocycles. The number of carbonyl (C=O) groups is 1. The van der Waals surface area contributed by atoms with Crippen LogP contribution in [0.2, 0.25) is 0 Å². The van der Waals surface area contributed by atoms with Gasteiger partial charge >= 0.3 is 0 Å². The van der Waals surface area contributed by atoms with Gasteiger partial charge in [-0.1, -0.05) is 0 Å². The standard InChI is InChI=1S/C15H22N2OS/c1-17(9-11-4-5-19-10-11)15(18)8-12-6-13-2-3-14(7-12)16-13/h4-5,10,12-14,16H,2-3,6-9H2,1H3. The molecule has 4 heteroatoms. The van der Waals surface area contributed by atoms with E-state index in [0.29, 0.717) is 23.9 Å². The molecule has 2 bridgehead atoms. The first-order chi connectivity index (χ1) is 9.20. The minimum atomic E-state index is 0.303. The molecule has 2 aliphatic rings. The first-order valence-electron chi connectivity index (χ1n) is 7.22. The largest absolute Gasteiger partial charge is 0.341 e. The van der Waals surface area contributed by atoms with Crippen molar-refractivity contribution in [2.75, 3.05) is 7.05 Å². The maximum Gasteiger partial charge on any atom is 0.222 e. The first-order valence-corrected chi connectivity index (χ1v) is 8.16. The van der Waals surface area contributed by atoms with Gasteiger partial charge in [0.1, 0.15) is 0 Å². The van der Waals surface area contributed by atoms with Gasteiger partial charge in [-0.3, -0.25) is 4.79 Å². The van der Waals surface area contributed by atoms with E-state index in [1.54, 1.807) is 11.3 Å². The third-order valence-corrected chi connectivity index (χ3v) is 5.19. The molecule has 2 saturated heterocycles. The van der Waals surface area contributed by atoms with E-state index in [9.17, 15) is 4.79 Å². The number of rotatable bonds is 4. The van der Waals surface area contributed by atoms with E-state index in [1.807, 2.05) is 11.9 Å². The monoisotopic (exact) mass is 278 g/mol. The van der Waals surface area contributed by atoms with Gasteiger partial charge < -0.3 is 10.2 Å². The highest BCUT2D eigenvalue weighted by molar-refractivity contribution is 7.07. The molecule has 2 aliphatic heterocycles. The van der Waals surface area contributed by atoms with Crippen LogP contribution in [0.15, 0.2) is 16.8 Å². The summed E-state index contributed by atoms with van der Waals surface area (Å²) in [6.07, 6.45) is 5.72. The first kappa shape index (κ1) is 13.1. The van der Waals surface area contributed by atoms with Gasteiger partial charge in [0.2, 0.25) is 5.91 Å². The van der Waals surface area contributed by atoms with Gasteiger partial charge in [0.15, 0.2) is 0 Å². The van der Waals surface area contributed by atoms with E-state index in [-0.39, 0.29) is 0 Å². The van der Waals surface area contributed by atoms with Gasteiger partial charge in [0.25, 0.3) is 0 Å². The molecule has 3 rings (SSSR count). The van der Waals surface area contributed by atoms with Crippen molar-refractivity contribution < 1.29 is 4.79 Å². The van der Waals surface area contributed by atoms with Crippen molar-refractivity contribution in [1.82, 2.24) is 10.2 Å². The van der Waals surface area contributed by atoms with Gasteiger partial charge in [-0.2, -0.15) is 11.3 Å². The molecule has 1 aromatic rings. The molecular formula is C15H22N2OS. The second-order valence-electron chi connectivity index (χ2n) is 6.06. The predicted octanol–water partition coefficient (Wildman–Crippen LogP) is 2.63. The number of fused-ring (bicyclic) bond motifs is 2. The van der Waals surface area contributed by atoms with Crippen LogP contribution in [0, 0.1) is 5.92 Å². The predicted molar refractivity (Wildman–Crippen MR) is 78.1 cm³/mol. The molecule has 0 spiro atoms. The van der Waals surface area contributed by atoms with Gasteiger partial charge in [0, 0.05) is 32.1 Å². The fourth-order valence-corrected chi connectivity index (χ4v) is 4.15. The number of piperidine rings is 1. The summed E-state index contributed by atoms with van der Waals surface area (Å²) in [5.74, 6) is 0.897. The number of hydrogen-bond acceptors (Lipinski definition) is 3. The zero-order chi connectivity index (χ0) is 13.2. The molecule has 19 heavy (non-hydrogen) atoms. The topological polar surface area (TPSA) is 32.3 Å². The van der Waals surface area contributed by atoms with Crippen molar-refractivity contribution >= 4 is 17.2 Å². The lowest BCUT2D eigenvalue weighted by Crippen LogP contribution is -2.39. The Balaban J connectivity index is 1.50. The minimum Gasteiger partial charge on any atom is -0.341 e. The lowest BCUT2D eigenvalue weighted by Gasteiger charge is -2.29. The third kappa shape index (κ3) is 3.18. The van der Waals surface area contributed by atoms with Crippen LogP contribution in [0.25, 0.3) is 0 Å². The number of carbonyl (C=O) groups excluding carboxylic acids is 1. The van der Waals surface area contributed by atoms with Gasteiger partial charge in [-0.05, 0) is 54.0 Å². The fourth-order valence-electron chi connectivity index (χ4n) is 3.49. The average Bonchev–Trinajstić information content (AvgIpc) is 2.99. The summed E-state index contributed by atoms with van der Waals surface area (Å²) in [6, 6.07) is 3.46. The second kappa shape index (κ2) is 5.63. The molecule has 3 nitrogen and oxygen atoms in total. The quantitative estimate of drug-likeness (QED) is 0.918. The molecule has 3 heterocycles. The van der Waals surface area contributed by atoms with Crippen molar-refractivity contribution in [2.45, 2.75) is 50.7 Å². The average molecular weight is 278 g/mol. The van der Waals surface area contributed by atoms with E-state index in [4.69, 9.17) is 0 Å². The van der Waals surface area contributed by atoms with Crippen LogP contribution in [-0.4, -0.2) is 29.9 Å². The SMILES string of the molecule is CN(Cc1ccsc1)C(=O)CC1CC2CCC(C1)N2. The summed E-state index contributed by atoms with van der Waals surface area (Å²) in [7, 11) is 1.93. The minimum absolute atomic E-state index is 0.303. The summed E-state index contributed by atoms with van der Waals surface area (Å²) in [5.41, 5.74) is 1.24. The molecule has 2 atom stereocenters. The molecule has 1 amide bonds. The Morgan fingerprint density at radius 1 is 1.42 bits per heavy atom. The number of hydrogen-bond donors (Lipinski definition) is 1. The number of nitrogens with one attached hydrogen (secondary N) is 1. The highest BCUT2D eigenvalue weighted by Gasteiger charge is 2.34. The number of nitrogens with zero attached hydrogens (tertiary/aromatic N) is 1. The maximum atomic E-state index is 12.3. The van der Waals surface area contributed by atoms with Gasteiger partial charge in [-0.15, -0.1) is 0 Å². The van der Waals surface area contributed by atoms with Crippen LogP contribution in [0.5, 0.6) is 0 Å². The lowest BCUT2D eigenvalue weighted by atomic mass is 9.89. The Kier molecular flexibility index (Phi) is 3.89.